The van der Waals surface area contributed by atoms with Crippen LogP contribution in [-0.4, -0.2) is 35.3 Å². The van der Waals surface area contributed by atoms with Crippen LogP contribution in [0.4, 0.5) is 5.82 Å². The van der Waals surface area contributed by atoms with Gasteiger partial charge in [0, 0.05) is 35.9 Å². The number of rotatable bonds is 4. The number of hydrogen-bond donors (Lipinski definition) is 2. The molecule has 1 unspecified atom stereocenters. The van der Waals surface area contributed by atoms with Crippen molar-refractivity contribution in [2.24, 2.45) is 7.05 Å². The van der Waals surface area contributed by atoms with E-state index in [-0.39, 0.29) is 23.3 Å². The molecule has 39 heavy (non-hydrogen) atoms. The predicted molar refractivity (Wildman–Crippen MR) is 152 cm³/mol. The lowest BCUT2D eigenvalue weighted by Crippen LogP contribution is -2.28. The van der Waals surface area contributed by atoms with E-state index in [4.69, 9.17) is 10.7 Å². The molecule has 10 heteroatoms. The Morgan fingerprint density at radius 1 is 1.15 bits per heavy atom. The molecule has 0 fully saturated rings. The zero-order chi connectivity index (χ0) is 27.1. The predicted octanol–water partition coefficient (Wildman–Crippen LogP) is 4.52. The molecule has 192 valence electrons. The number of nitrogens with two attached hydrogens (primary N) is 1. The molecule has 0 spiro atoms. The van der Waals surface area contributed by atoms with Gasteiger partial charge in [-0.3, -0.25) is 9.48 Å². The number of amides is 1. The Labute approximate surface area is 228 Å². The molecule has 3 N–H and O–H groups in total. The largest absolute Gasteiger partial charge is 0.381 e. The van der Waals surface area contributed by atoms with Crippen LogP contribution in [0.1, 0.15) is 45.7 Å². The monoisotopic (exact) mass is 532 g/mol. The summed E-state index contributed by atoms with van der Waals surface area (Å²) in [5.41, 5.74) is 12.9. The second-order valence-corrected chi connectivity index (χ2v) is 10.1. The van der Waals surface area contributed by atoms with E-state index in [1.54, 1.807) is 40.7 Å². The van der Waals surface area contributed by atoms with Crippen molar-refractivity contribution in [3.05, 3.63) is 94.4 Å². The molecule has 0 aliphatic carbocycles. The SMILES string of the molecule is Cc1c(C#Cc2csc3cc(C(C)NC(=O)c4c(N)nn5cccnc45)c(-c4ccccc4)nc23)cnn1C. The van der Waals surface area contributed by atoms with Crippen LogP contribution < -0.4 is 11.1 Å². The van der Waals surface area contributed by atoms with Gasteiger partial charge in [0.05, 0.1) is 45.0 Å². The number of anilines is 1. The normalized spacial score (nSPS) is 11.9. The van der Waals surface area contributed by atoms with Crippen LogP contribution in [-0.2, 0) is 7.05 Å². The first kappa shape index (κ1) is 24.3. The maximum absolute atomic E-state index is 13.4. The van der Waals surface area contributed by atoms with E-state index in [0.29, 0.717) is 5.65 Å². The summed E-state index contributed by atoms with van der Waals surface area (Å²) in [5, 5.41) is 13.6. The third-order valence-corrected chi connectivity index (χ3v) is 7.57. The van der Waals surface area contributed by atoms with Gasteiger partial charge in [-0.15, -0.1) is 16.4 Å². The highest BCUT2D eigenvalue weighted by molar-refractivity contribution is 7.17. The Kier molecular flexibility index (Phi) is 6.05. The quantitative estimate of drug-likeness (QED) is 0.323. The van der Waals surface area contributed by atoms with Gasteiger partial charge in [-0.05, 0) is 26.0 Å². The second-order valence-electron chi connectivity index (χ2n) is 9.15. The van der Waals surface area contributed by atoms with Crippen LogP contribution in [0.25, 0.3) is 27.1 Å². The van der Waals surface area contributed by atoms with Crippen LogP contribution in [0.2, 0.25) is 0 Å². The molecule has 9 nitrogen and oxygen atoms in total. The Bertz CT molecular complexity index is 1920. The van der Waals surface area contributed by atoms with Crippen molar-refractivity contribution in [2.45, 2.75) is 19.9 Å². The molecular weight excluding hydrogens is 508 g/mol. The highest BCUT2D eigenvalue weighted by atomic mass is 32.1. The first-order valence-corrected chi connectivity index (χ1v) is 13.2. The summed E-state index contributed by atoms with van der Waals surface area (Å²) in [6.45, 7) is 3.93. The van der Waals surface area contributed by atoms with Gasteiger partial charge >= 0.3 is 0 Å². The van der Waals surface area contributed by atoms with Crippen molar-refractivity contribution in [3.8, 4) is 23.1 Å². The summed E-state index contributed by atoms with van der Waals surface area (Å²) in [6.07, 6.45) is 5.08. The zero-order valence-electron chi connectivity index (χ0n) is 21.5. The number of carbonyl (C=O) groups excluding carboxylic acids is 1. The maximum atomic E-state index is 13.4. The molecule has 0 aliphatic heterocycles. The van der Waals surface area contributed by atoms with E-state index in [1.165, 1.54) is 4.52 Å². The molecule has 1 aromatic carbocycles. The molecule has 1 atom stereocenters. The van der Waals surface area contributed by atoms with Crippen molar-refractivity contribution < 1.29 is 4.79 Å². The number of nitrogens with one attached hydrogen (secondary N) is 1. The van der Waals surface area contributed by atoms with E-state index in [1.807, 2.05) is 56.6 Å². The van der Waals surface area contributed by atoms with Gasteiger partial charge in [-0.25, -0.2) is 14.5 Å². The smallest absolute Gasteiger partial charge is 0.259 e. The average Bonchev–Trinajstić information content (AvgIpc) is 3.61. The Balaban J connectivity index is 1.41. The zero-order valence-corrected chi connectivity index (χ0v) is 22.3. The van der Waals surface area contributed by atoms with Gasteiger partial charge in [0.25, 0.3) is 5.91 Å². The average molecular weight is 533 g/mol. The lowest BCUT2D eigenvalue weighted by Gasteiger charge is -2.18. The van der Waals surface area contributed by atoms with Crippen LogP contribution in [0.5, 0.6) is 0 Å². The van der Waals surface area contributed by atoms with Crippen molar-refractivity contribution in [1.29, 1.82) is 0 Å². The van der Waals surface area contributed by atoms with Crippen molar-refractivity contribution in [2.75, 3.05) is 5.73 Å². The van der Waals surface area contributed by atoms with E-state index in [9.17, 15) is 4.79 Å². The Hall–Kier alpha value is -5.01. The number of thiophene rings is 1. The van der Waals surface area contributed by atoms with E-state index < -0.39 is 0 Å². The summed E-state index contributed by atoms with van der Waals surface area (Å²) in [5.74, 6) is 6.30. The highest BCUT2D eigenvalue weighted by Crippen LogP contribution is 2.34. The van der Waals surface area contributed by atoms with Gasteiger partial charge in [0.1, 0.15) is 5.56 Å². The minimum Gasteiger partial charge on any atom is -0.381 e. The second kappa shape index (κ2) is 9.70. The summed E-state index contributed by atoms with van der Waals surface area (Å²) < 4.78 is 4.29. The fraction of sp³-hybridized carbons (Fsp3) is 0.138. The standard InChI is InChI=1S/C29H24N8OS/c1-17(33-29(38)24-27(30)35-37-13-7-12-31-28(24)37)22-14-23-26(34-25(22)19-8-5-4-6-9-19)21(16-39-23)11-10-20-15-32-36(3)18(20)2/h4-9,12-17H,1-3H3,(H2,30,35)(H,33,38). The molecule has 0 saturated carbocycles. The number of nitrogen functional groups attached to an aromatic ring is 1. The molecule has 5 heterocycles. The molecule has 0 aliphatic rings. The lowest BCUT2D eigenvalue weighted by molar-refractivity contribution is 0.0942. The number of nitrogens with zero attached hydrogens (tertiary/aromatic N) is 6. The fourth-order valence-electron chi connectivity index (χ4n) is 4.44. The third kappa shape index (κ3) is 4.39. The lowest BCUT2D eigenvalue weighted by atomic mass is 9.99. The minimum absolute atomic E-state index is 0.126. The summed E-state index contributed by atoms with van der Waals surface area (Å²) in [7, 11) is 1.90. The molecular formula is C29H24N8OS. The highest BCUT2D eigenvalue weighted by Gasteiger charge is 2.23. The van der Waals surface area contributed by atoms with Crippen molar-refractivity contribution in [3.63, 3.8) is 0 Å². The number of aromatic nitrogens is 6. The van der Waals surface area contributed by atoms with Crippen LogP contribution in [0.3, 0.4) is 0 Å². The maximum Gasteiger partial charge on any atom is 0.259 e. The van der Waals surface area contributed by atoms with E-state index in [0.717, 1.165) is 43.9 Å². The number of fused-ring (bicyclic) bond motifs is 2. The third-order valence-electron chi connectivity index (χ3n) is 6.65. The van der Waals surface area contributed by atoms with Crippen LogP contribution >= 0.6 is 11.3 Å². The molecule has 1 amide bonds. The molecule has 5 aromatic heterocycles. The number of aryl methyl sites for hydroxylation is 1. The molecule has 0 bridgehead atoms. The van der Waals surface area contributed by atoms with E-state index in [2.05, 4.69) is 38.4 Å². The van der Waals surface area contributed by atoms with Gasteiger partial charge < -0.3 is 11.1 Å². The molecule has 6 aromatic rings. The summed E-state index contributed by atoms with van der Waals surface area (Å²) in [4.78, 5) is 22.7. The van der Waals surface area contributed by atoms with Crippen molar-refractivity contribution >= 4 is 38.9 Å². The fourth-order valence-corrected chi connectivity index (χ4v) is 5.32. The number of pyridine rings is 1. The summed E-state index contributed by atoms with van der Waals surface area (Å²) in [6, 6.07) is 13.4. The van der Waals surface area contributed by atoms with Gasteiger partial charge in [0.2, 0.25) is 0 Å². The molecule has 0 radical (unpaired) electrons. The minimum atomic E-state index is -0.377. The number of carbonyl (C=O) groups is 1. The molecule has 0 saturated heterocycles. The first-order valence-electron chi connectivity index (χ1n) is 12.3. The Morgan fingerprint density at radius 2 is 1.95 bits per heavy atom. The van der Waals surface area contributed by atoms with Crippen molar-refractivity contribution in [1.82, 2.24) is 34.7 Å². The van der Waals surface area contributed by atoms with Gasteiger partial charge in [0.15, 0.2) is 11.5 Å². The van der Waals surface area contributed by atoms with Crippen LogP contribution in [0, 0.1) is 18.8 Å². The molecule has 6 rings (SSSR count). The van der Waals surface area contributed by atoms with Gasteiger partial charge in [-0.1, -0.05) is 42.2 Å². The number of hydrogen-bond acceptors (Lipinski definition) is 7. The topological polar surface area (TPSA) is 116 Å². The summed E-state index contributed by atoms with van der Waals surface area (Å²) >= 11 is 1.57. The Morgan fingerprint density at radius 3 is 2.72 bits per heavy atom. The van der Waals surface area contributed by atoms with E-state index >= 15 is 0 Å². The van der Waals surface area contributed by atoms with Crippen LogP contribution in [0.15, 0.2) is 66.4 Å². The number of benzene rings is 1. The van der Waals surface area contributed by atoms with Gasteiger partial charge in [-0.2, -0.15) is 5.10 Å². The first-order chi connectivity index (χ1) is 18.9.